The standard InChI is InChI=1S/C15H23NO3/c1-3-15(4-2,11-18)10-16-14(19)13-7-5-12(9-17)6-8-13/h5-8,17-18H,3-4,9-11H2,1-2H3,(H,16,19). The molecular formula is C15H23NO3. The smallest absolute Gasteiger partial charge is 0.251 e. The number of hydrogen-bond donors (Lipinski definition) is 3. The first-order chi connectivity index (χ1) is 9.10. The third-order valence-electron chi connectivity index (χ3n) is 3.86. The molecule has 0 aromatic heterocycles. The van der Waals surface area contributed by atoms with E-state index < -0.39 is 0 Å². The van der Waals surface area contributed by atoms with Crippen LogP contribution in [-0.2, 0) is 6.61 Å². The number of rotatable bonds is 7. The van der Waals surface area contributed by atoms with E-state index in [9.17, 15) is 9.90 Å². The summed E-state index contributed by atoms with van der Waals surface area (Å²) in [6, 6.07) is 6.85. The quantitative estimate of drug-likeness (QED) is 0.703. The zero-order valence-electron chi connectivity index (χ0n) is 11.6. The maximum Gasteiger partial charge on any atom is 0.251 e. The third kappa shape index (κ3) is 4.04. The molecule has 19 heavy (non-hydrogen) atoms. The molecule has 1 rings (SSSR count). The van der Waals surface area contributed by atoms with Crippen LogP contribution in [0.3, 0.4) is 0 Å². The fourth-order valence-electron chi connectivity index (χ4n) is 1.91. The molecule has 0 aliphatic rings. The van der Waals surface area contributed by atoms with E-state index in [1.54, 1.807) is 24.3 Å². The Hall–Kier alpha value is -1.39. The lowest BCUT2D eigenvalue weighted by atomic mass is 9.83. The van der Waals surface area contributed by atoms with Gasteiger partial charge in [0.1, 0.15) is 0 Å². The Bertz CT molecular complexity index is 388. The highest BCUT2D eigenvalue weighted by Gasteiger charge is 2.25. The van der Waals surface area contributed by atoms with Crippen molar-refractivity contribution in [1.29, 1.82) is 0 Å². The van der Waals surface area contributed by atoms with Crippen LogP contribution in [-0.4, -0.2) is 29.3 Å². The predicted molar refractivity (Wildman–Crippen MR) is 74.8 cm³/mol. The van der Waals surface area contributed by atoms with Gasteiger partial charge in [-0.25, -0.2) is 0 Å². The number of benzene rings is 1. The van der Waals surface area contributed by atoms with Gasteiger partial charge in [0.2, 0.25) is 0 Å². The monoisotopic (exact) mass is 265 g/mol. The molecule has 1 amide bonds. The van der Waals surface area contributed by atoms with E-state index in [1.807, 2.05) is 13.8 Å². The van der Waals surface area contributed by atoms with Crippen LogP contribution in [0.4, 0.5) is 0 Å². The Kier molecular flexibility index (Phi) is 5.99. The minimum Gasteiger partial charge on any atom is -0.396 e. The number of hydrogen-bond acceptors (Lipinski definition) is 3. The Balaban J connectivity index is 2.63. The lowest BCUT2D eigenvalue weighted by Crippen LogP contribution is -2.39. The highest BCUT2D eigenvalue weighted by atomic mass is 16.3. The molecule has 106 valence electrons. The van der Waals surface area contributed by atoms with Crippen LogP contribution in [0.15, 0.2) is 24.3 Å². The van der Waals surface area contributed by atoms with E-state index in [4.69, 9.17) is 5.11 Å². The van der Waals surface area contributed by atoms with E-state index in [0.29, 0.717) is 12.1 Å². The summed E-state index contributed by atoms with van der Waals surface area (Å²) in [6.07, 6.45) is 1.65. The summed E-state index contributed by atoms with van der Waals surface area (Å²) >= 11 is 0. The van der Waals surface area contributed by atoms with E-state index in [0.717, 1.165) is 18.4 Å². The van der Waals surface area contributed by atoms with Crippen molar-refractivity contribution in [3.63, 3.8) is 0 Å². The molecule has 0 aliphatic heterocycles. The van der Waals surface area contributed by atoms with E-state index in [2.05, 4.69) is 5.32 Å². The van der Waals surface area contributed by atoms with Gasteiger partial charge in [0.25, 0.3) is 5.91 Å². The third-order valence-corrected chi connectivity index (χ3v) is 3.86. The Morgan fingerprint density at radius 1 is 1.16 bits per heavy atom. The summed E-state index contributed by atoms with van der Waals surface area (Å²) < 4.78 is 0. The number of carbonyl (C=O) groups is 1. The number of nitrogens with one attached hydrogen (secondary N) is 1. The molecule has 0 saturated carbocycles. The van der Waals surface area contributed by atoms with Gasteiger partial charge >= 0.3 is 0 Å². The molecule has 0 aliphatic carbocycles. The first-order valence-corrected chi connectivity index (χ1v) is 6.69. The molecule has 0 spiro atoms. The zero-order valence-corrected chi connectivity index (χ0v) is 11.6. The first kappa shape index (κ1) is 15.7. The molecule has 4 nitrogen and oxygen atoms in total. The second-order valence-corrected chi connectivity index (χ2v) is 4.90. The maximum atomic E-state index is 12.0. The summed E-state index contributed by atoms with van der Waals surface area (Å²) in [5, 5.41) is 21.3. The predicted octanol–water partition coefficient (Wildman–Crippen LogP) is 1.71. The van der Waals surface area contributed by atoms with Gasteiger partial charge in [0.15, 0.2) is 0 Å². The van der Waals surface area contributed by atoms with Crippen LogP contribution >= 0.6 is 0 Å². The lowest BCUT2D eigenvalue weighted by Gasteiger charge is -2.29. The van der Waals surface area contributed by atoms with Crippen molar-refractivity contribution in [3.8, 4) is 0 Å². The Labute approximate surface area is 114 Å². The van der Waals surface area contributed by atoms with E-state index >= 15 is 0 Å². The number of aliphatic hydroxyl groups is 2. The van der Waals surface area contributed by atoms with Crippen molar-refractivity contribution in [2.24, 2.45) is 5.41 Å². The average molecular weight is 265 g/mol. The number of amides is 1. The van der Waals surface area contributed by atoms with Crippen LogP contribution in [0.5, 0.6) is 0 Å². The van der Waals surface area contributed by atoms with Gasteiger partial charge in [-0.05, 0) is 30.5 Å². The molecule has 1 aromatic carbocycles. The molecule has 3 N–H and O–H groups in total. The first-order valence-electron chi connectivity index (χ1n) is 6.69. The molecule has 0 atom stereocenters. The van der Waals surface area contributed by atoms with Gasteiger partial charge in [-0.1, -0.05) is 26.0 Å². The van der Waals surface area contributed by atoms with Crippen molar-refractivity contribution in [3.05, 3.63) is 35.4 Å². The minimum absolute atomic E-state index is 0.0266. The lowest BCUT2D eigenvalue weighted by molar-refractivity contribution is 0.0851. The van der Waals surface area contributed by atoms with Crippen molar-refractivity contribution in [1.82, 2.24) is 5.32 Å². The Morgan fingerprint density at radius 3 is 2.16 bits per heavy atom. The number of carbonyl (C=O) groups excluding carboxylic acids is 1. The van der Waals surface area contributed by atoms with Gasteiger partial charge in [-0.2, -0.15) is 0 Å². The van der Waals surface area contributed by atoms with Crippen molar-refractivity contribution in [2.45, 2.75) is 33.3 Å². The van der Waals surface area contributed by atoms with Gasteiger partial charge in [-0.15, -0.1) is 0 Å². The maximum absolute atomic E-state index is 12.0. The van der Waals surface area contributed by atoms with Crippen LogP contribution in [0.1, 0.15) is 42.6 Å². The molecular weight excluding hydrogens is 242 g/mol. The second kappa shape index (κ2) is 7.26. The topological polar surface area (TPSA) is 69.6 Å². The van der Waals surface area contributed by atoms with Crippen molar-refractivity contribution in [2.75, 3.05) is 13.2 Å². The molecule has 0 unspecified atom stereocenters. The summed E-state index contributed by atoms with van der Waals surface area (Å²) in [4.78, 5) is 12.0. The molecule has 0 fully saturated rings. The van der Waals surface area contributed by atoms with Gasteiger partial charge in [-0.3, -0.25) is 4.79 Å². The number of aliphatic hydroxyl groups excluding tert-OH is 2. The summed E-state index contributed by atoms with van der Waals surface area (Å²) in [7, 11) is 0. The van der Waals surface area contributed by atoms with Crippen molar-refractivity contribution >= 4 is 5.91 Å². The fraction of sp³-hybridized carbons (Fsp3) is 0.533. The van der Waals surface area contributed by atoms with Crippen LogP contribution < -0.4 is 5.32 Å². The molecule has 0 heterocycles. The molecule has 0 radical (unpaired) electrons. The van der Waals surface area contributed by atoms with Gasteiger partial charge in [0, 0.05) is 17.5 Å². The van der Waals surface area contributed by atoms with E-state index in [-0.39, 0.29) is 24.5 Å². The van der Waals surface area contributed by atoms with Crippen LogP contribution in [0.2, 0.25) is 0 Å². The average Bonchev–Trinajstić information content (AvgIpc) is 2.49. The van der Waals surface area contributed by atoms with Gasteiger partial charge < -0.3 is 15.5 Å². The summed E-state index contributed by atoms with van der Waals surface area (Å²) in [5.41, 5.74) is 1.11. The normalized spacial score (nSPS) is 11.4. The van der Waals surface area contributed by atoms with E-state index in [1.165, 1.54) is 0 Å². The van der Waals surface area contributed by atoms with Gasteiger partial charge in [0.05, 0.1) is 13.2 Å². The molecule has 0 saturated heterocycles. The molecule has 1 aromatic rings. The minimum atomic E-state index is -0.235. The highest BCUT2D eigenvalue weighted by Crippen LogP contribution is 2.24. The SMILES string of the molecule is CCC(CC)(CO)CNC(=O)c1ccc(CO)cc1. The largest absolute Gasteiger partial charge is 0.396 e. The highest BCUT2D eigenvalue weighted by molar-refractivity contribution is 5.94. The summed E-state index contributed by atoms with van der Waals surface area (Å²) in [5.74, 6) is -0.149. The van der Waals surface area contributed by atoms with Crippen LogP contribution in [0, 0.1) is 5.41 Å². The summed E-state index contributed by atoms with van der Waals surface area (Å²) in [6.45, 7) is 4.55. The van der Waals surface area contributed by atoms with Crippen LogP contribution in [0.25, 0.3) is 0 Å². The second-order valence-electron chi connectivity index (χ2n) is 4.90. The van der Waals surface area contributed by atoms with Crippen molar-refractivity contribution < 1.29 is 15.0 Å². The fourth-order valence-corrected chi connectivity index (χ4v) is 1.91. The Morgan fingerprint density at radius 2 is 1.74 bits per heavy atom. The molecule has 0 bridgehead atoms. The molecule has 4 heteroatoms. The zero-order chi connectivity index (χ0) is 14.3.